The van der Waals surface area contributed by atoms with Gasteiger partial charge in [0.05, 0.1) is 0 Å². The third-order valence-corrected chi connectivity index (χ3v) is 2.69. The Morgan fingerprint density at radius 2 is 2.11 bits per heavy atom. The number of nitrogens with zero attached hydrogens (tertiary/aromatic N) is 2. The number of aliphatic hydroxyl groups excluding tert-OH is 1. The van der Waals surface area contributed by atoms with Crippen LogP contribution in [0.1, 0.15) is 37.0 Å². The highest BCUT2D eigenvalue weighted by atomic mass is 16.5. The average Bonchev–Trinajstić information content (AvgIpc) is 2.87. The van der Waals surface area contributed by atoms with Crippen LogP contribution in [0, 0.1) is 0 Å². The van der Waals surface area contributed by atoms with Gasteiger partial charge in [-0.1, -0.05) is 37.2 Å². The molecule has 1 aromatic heterocycles. The van der Waals surface area contributed by atoms with Gasteiger partial charge in [0.25, 0.3) is 0 Å². The summed E-state index contributed by atoms with van der Waals surface area (Å²) < 4.78 is 10.8. The number of hydrogen-bond donors (Lipinski definition) is 1. The van der Waals surface area contributed by atoms with E-state index in [1.807, 2.05) is 38.1 Å². The van der Waals surface area contributed by atoms with Crippen molar-refractivity contribution in [2.24, 2.45) is 0 Å². The number of aromatic nitrogens is 2. The van der Waals surface area contributed by atoms with E-state index >= 15 is 0 Å². The predicted octanol–water partition coefficient (Wildman–Crippen LogP) is 2.31. The van der Waals surface area contributed by atoms with E-state index in [9.17, 15) is 0 Å². The number of para-hydroxylation sites is 1. The van der Waals surface area contributed by atoms with Crippen LogP contribution in [0.5, 0.6) is 5.75 Å². The molecular formula is C14H18N2O3. The minimum Gasteiger partial charge on any atom is -0.485 e. The highest BCUT2D eigenvalue weighted by molar-refractivity contribution is 5.33. The van der Waals surface area contributed by atoms with Gasteiger partial charge < -0.3 is 14.4 Å². The molecule has 1 heterocycles. The lowest BCUT2D eigenvalue weighted by molar-refractivity contribution is 0.273. The van der Waals surface area contributed by atoms with Crippen LogP contribution in [0.15, 0.2) is 28.8 Å². The summed E-state index contributed by atoms with van der Waals surface area (Å²) in [5.74, 6) is 2.10. The Balaban J connectivity index is 2.01. The lowest BCUT2D eigenvalue weighted by atomic mass is 10.1. The molecule has 0 unspecified atom stereocenters. The van der Waals surface area contributed by atoms with Gasteiger partial charge in [-0.15, -0.1) is 0 Å². The molecule has 2 aromatic rings. The van der Waals surface area contributed by atoms with Gasteiger partial charge in [0, 0.05) is 12.5 Å². The Morgan fingerprint density at radius 1 is 1.32 bits per heavy atom. The largest absolute Gasteiger partial charge is 0.485 e. The van der Waals surface area contributed by atoms with Gasteiger partial charge in [-0.2, -0.15) is 4.98 Å². The summed E-state index contributed by atoms with van der Waals surface area (Å²) in [6.45, 7) is 4.35. The Hall–Kier alpha value is -1.88. The fraction of sp³-hybridized carbons (Fsp3) is 0.429. The van der Waals surface area contributed by atoms with Gasteiger partial charge in [0.2, 0.25) is 11.7 Å². The molecule has 0 aliphatic rings. The maximum Gasteiger partial charge on any atom is 0.229 e. The molecule has 5 nitrogen and oxygen atoms in total. The van der Waals surface area contributed by atoms with E-state index in [0.29, 0.717) is 18.1 Å². The molecule has 0 spiro atoms. The third-order valence-electron chi connectivity index (χ3n) is 2.69. The van der Waals surface area contributed by atoms with Crippen molar-refractivity contribution in [2.45, 2.75) is 32.8 Å². The van der Waals surface area contributed by atoms with Crippen molar-refractivity contribution < 1.29 is 14.4 Å². The summed E-state index contributed by atoms with van der Waals surface area (Å²) in [6.07, 6.45) is 0.569. The van der Waals surface area contributed by atoms with E-state index in [2.05, 4.69) is 10.1 Å². The second kappa shape index (κ2) is 6.33. The fourth-order valence-corrected chi connectivity index (χ4v) is 1.67. The summed E-state index contributed by atoms with van der Waals surface area (Å²) in [6, 6.07) is 7.62. The molecule has 1 aromatic carbocycles. The number of benzene rings is 1. The highest BCUT2D eigenvalue weighted by Crippen LogP contribution is 2.19. The molecule has 102 valence electrons. The fourth-order valence-electron chi connectivity index (χ4n) is 1.67. The summed E-state index contributed by atoms with van der Waals surface area (Å²) in [7, 11) is 0. The van der Waals surface area contributed by atoms with Crippen LogP contribution in [-0.4, -0.2) is 21.9 Å². The number of rotatable bonds is 6. The molecule has 5 heteroatoms. The minimum atomic E-state index is 0.0973. The van der Waals surface area contributed by atoms with Gasteiger partial charge in [0.15, 0.2) is 6.61 Å². The normalized spacial score (nSPS) is 10.9. The van der Waals surface area contributed by atoms with Gasteiger partial charge in [-0.05, 0) is 18.1 Å². The van der Waals surface area contributed by atoms with Gasteiger partial charge in [0.1, 0.15) is 5.75 Å². The van der Waals surface area contributed by atoms with Crippen LogP contribution in [-0.2, 0) is 13.0 Å². The topological polar surface area (TPSA) is 68.4 Å². The van der Waals surface area contributed by atoms with Crippen molar-refractivity contribution in [3.63, 3.8) is 0 Å². The standard InChI is InChI=1S/C14H18N2O3/c1-10(2)14-15-13(16-19-14)9-18-12-6-4-3-5-11(12)7-8-17/h3-6,10,17H,7-9H2,1-2H3. The summed E-state index contributed by atoms with van der Waals surface area (Å²) in [4.78, 5) is 4.25. The van der Waals surface area contributed by atoms with Crippen molar-refractivity contribution in [1.82, 2.24) is 10.1 Å². The van der Waals surface area contributed by atoms with Gasteiger partial charge in [-0.3, -0.25) is 0 Å². The Kier molecular flexibility index (Phi) is 4.52. The zero-order chi connectivity index (χ0) is 13.7. The first-order chi connectivity index (χ1) is 9.20. The quantitative estimate of drug-likeness (QED) is 0.865. The first-order valence-corrected chi connectivity index (χ1v) is 6.34. The van der Waals surface area contributed by atoms with Crippen molar-refractivity contribution in [2.75, 3.05) is 6.61 Å². The van der Waals surface area contributed by atoms with Crippen molar-refractivity contribution in [1.29, 1.82) is 0 Å². The Morgan fingerprint density at radius 3 is 2.79 bits per heavy atom. The molecule has 2 rings (SSSR count). The summed E-state index contributed by atoms with van der Waals surface area (Å²) in [5.41, 5.74) is 0.970. The maximum atomic E-state index is 9.00. The van der Waals surface area contributed by atoms with Crippen LogP contribution >= 0.6 is 0 Å². The SMILES string of the molecule is CC(C)c1nc(COc2ccccc2CCO)no1. The Bertz CT molecular complexity index is 523. The Labute approximate surface area is 112 Å². The van der Waals surface area contributed by atoms with E-state index in [4.69, 9.17) is 14.4 Å². The van der Waals surface area contributed by atoms with Crippen molar-refractivity contribution in [3.8, 4) is 5.75 Å². The molecular weight excluding hydrogens is 244 g/mol. The number of hydrogen-bond acceptors (Lipinski definition) is 5. The molecule has 0 aliphatic heterocycles. The van der Waals surface area contributed by atoms with Crippen molar-refractivity contribution in [3.05, 3.63) is 41.5 Å². The number of aliphatic hydroxyl groups is 1. The molecule has 0 radical (unpaired) electrons. The van der Waals surface area contributed by atoms with Crippen LogP contribution in [0.3, 0.4) is 0 Å². The molecule has 0 fully saturated rings. The molecule has 1 N–H and O–H groups in total. The minimum absolute atomic E-state index is 0.0973. The number of ether oxygens (including phenoxy) is 1. The molecule has 0 atom stereocenters. The van der Waals surface area contributed by atoms with E-state index in [-0.39, 0.29) is 19.1 Å². The van der Waals surface area contributed by atoms with Gasteiger partial charge in [-0.25, -0.2) is 0 Å². The van der Waals surface area contributed by atoms with Gasteiger partial charge >= 0.3 is 0 Å². The molecule has 0 bridgehead atoms. The lowest BCUT2D eigenvalue weighted by Gasteiger charge is -2.08. The molecule has 0 saturated carbocycles. The highest BCUT2D eigenvalue weighted by Gasteiger charge is 2.11. The zero-order valence-electron chi connectivity index (χ0n) is 11.2. The monoisotopic (exact) mass is 262 g/mol. The first kappa shape index (κ1) is 13.5. The van der Waals surface area contributed by atoms with E-state index in [1.165, 1.54) is 0 Å². The second-order valence-electron chi connectivity index (χ2n) is 4.57. The summed E-state index contributed by atoms with van der Waals surface area (Å²) in [5, 5.41) is 12.9. The van der Waals surface area contributed by atoms with E-state index in [0.717, 1.165) is 11.3 Å². The maximum absolute atomic E-state index is 9.00. The molecule has 0 amide bonds. The summed E-state index contributed by atoms with van der Waals surface area (Å²) >= 11 is 0. The first-order valence-electron chi connectivity index (χ1n) is 6.34. The molecule has 19 heavy (non-hydrogen) atoms. The zero-order valence-corrected chi connectivity index (χ0v) is 11.2. The molecule has 0 saturated heterocycles. The van der Waals surface area contributed by atoms with E-state index in [1.54, 1.807) is 0 Å². The van der Waals surface area contributed by atoms with Crippen LogP contribution < -0.4 is 4.74 Å². The van der Waals surface area contributed by atoms with Crippen LogP contribution in [0.2, 0.25) is 0 Å². The van der Waals surface area contributed by atoms with Crippen molar-refractivity contribution >= 4 is 0 Å². The van der Waals surface area contributed by atoms with Crippen LogP contribution in [0.25, 0.3) is 0 Å². The molecule has 0 aliphatic carbocycles. The second-order valence-corrected chi connectivity index (χ2v) is 4.57. The van der Waals surface area contributed by atoms with E-state index < -0.39 is 0 Å². The van der Waals surface area contributed by atoms with Crippen LogP contribution in [0.4, 0.5) is 0 Å². The smallest absolute Gasteiger partial charge is 0.229 e. The predicted molar refractivity (Wildman–Crippen MR) is 70.0 cm³/mol. The lowest BCUT2D eigenvalue weighted by Crippen LogP contribution is -2.01. The average molecular weight is 262 g/mol. The third kappa shape index (κ3) is 3.54.